The SMILES string of the molecule is COC(=O)c1ccn2c(CSC)cnc2c1. The monoisotopic (exact) mass is 236 g/mol. The highest BCUT2D eigenvalue weighted by atomic mass is 32.2. The van der Waals surface area contributed by atoms with E-state index < -0.39 is 0 Å². The van der Waals surface area contributed by atoms with Gasteiger partial charge < -0.3 is 9.14 Å². The molecule has 0 fully saturated rings. The summed E-state index contributed by atoms with van der Waals surface area (Å²) in [6.45, 7) is 0. The molecule has 5 heteroatoms. The molecule has 84 valence electrons. The first-order chi connectivity index (χ1) is 7.76. The summed E-state index contributed by atoms with van der Waals surface area (Å²) in [7, 11) is 1.37. The number of hydrogen-bond donors (Lipinski definition) is 0. The zero-order valence-corrected chi connectivity index (χ0v) is 9.95. The molecule has 2 rings (SSSR count). The molecular formula is C11H12N2O2S. The maximum atomic E-state index is 11.3. The van der Waals surface area contributed by atoms with Crippen LogP contribution in [0.2, 0.25) is 0 Å². The van der Waals surface area contributed by atoms with E-state index in [-0.39, 0.29) is 5.97 Å². The Bertz CT molecular complexity index is 522. The Morgan fingerprint density at radius 1 is 1.62 bits per heavy atom. The predicted octanol–water partition coefficient (Wildman–Crippen LogP) is 1.98. The van der Waals surface area contributed by atoms with Crippen molar-refractivity contribution in [3.8, 4) is 0 Å². The summed E-state index contributed by atoms with van der Waals surface area (Å²) in [5.41, 5.74) is 2.42. The second kappa shape index (κ2) is 4.57. The third-order valence-corrected chi connectivity index (χ3v) is 2.89. The molecule has 0 saturated heterocycles. The minimum Gasteiger partial charge on any atom is -0.465 e. The van der Waals surface area contributed by atoms with Gasteiger partial charge in [-0.2, -0.15) is 11.8 Å². The Morgan fingerprint density at radius 3 is 3.12 bits per heavy atom. The molecule has 0 amide bonds. The van der Waals surface area contributed by atoms with E-state index in [1.54, 1.807) is 23.9 Å². The maximum Gasteiger partial charge on any atom is 0.338 e. The zero-order valence-electron chi connectivity index (χ0n) is 9.14. The van der Waals surface area contributed by atoms with Gasteiger partial charge in [-0.15, -0.1) is 0 Å². The van der Waals surface area contributed by atoms with Gasteiger partial charge in [0.25, 0.3) is 0 Å². The van der Waals surface area contributed by atoms with Crippen molar-refractivity contribution in [2.45, 2.75) is 5.75 Å². The molecule has 0 saturated carbocycles. The topological polar surface area (TPSA) is 43.6 Å². The van der Waals surface area contributed by atoms with Crippen molar-refractivity contribution in [2.75, 3.05) is 13.4 Å². The van der Waals surface area contributed by atoms with E-state index in [9.17, 15) is 4.79 Å². The largest absolute Gasteiger partial charge is 0.465 e. The van der Waals surface area contributed by atoms with Crippen molar-refractivity contribution < 1.29 is 9.53 Å². The van der Waals surface area contributed by atoms with Crippen LogP contribution in [0.4, 0.5) is 0 Å². The number of methoxy groups -OCH3 is 1. The first-order valence-corrected chi connectivity index (χ1v) is 6.19. The second-order valence-corrected chi connectivity index (χ2v) is 4.18. The minimum absolute atomic E-state index is 0.336. The highest BCUT2D eigenvalue weighted by molar-refractivity contribution is 7.97. The van der Waals surface area contributed by atoms with Crippen LogP contribution >= 0.6 is 11.8 Å². The molecule has 0 aliphatic rings. The van der Waals surface area contributed by atoms with Gasteiger partial charge >= 0.3 is 5.97 Å². The van der Waals surface area contributed by atoms with Crippen LogP contribution < -0.4 is 0 Å². The highest BCUT2D eigenvalue weighted by Crippen LogP contribution is 2.14. The van der Waals surface area contributed by atoms with Crippen LogP contribution in [0.5, 0.6) is 0 Å². The Kier molecular flexibility index (Phi) is 3.14. The number of pyridine rings is 1. The van der Waals surface area contributed by atoms with E-state index in [1.807, 2.05) is 23.1 Å². The Hall–Kier alpha value is -1.49. The maximum absolute atomic E-state index is 11.3. The van der Waals surface area contributed by atoms with Crippen molar-refractivity contribution in [1.29, 1.82) is 0 Å². The molecule has 2 aromatic rings. The summed E-state index contributed by atoms with van der Waals surface area (Å²) in [5, 5.41) is 0. The van der Waals surface area contributed by atoms with Gasteiger partial charge in [-0.05, 0) is 18.4 Å². The van der Waals surface area contributed by atoms with Gasteiger partial charge in [-0.1, -0.05) is 0 Å². The molecule has 0 unspecified atom stereocenters. The Balaban J connectivity index is 2.44. The molecule has 0 atom stereocenters. The molecule has 4 nitrogen and oxygen atoms in total. The van der Waals surface area contributed by atoms with Gasteiger partial charge in [-0.25, -0.2) is 9.78 Å². The minimum atomic E-state index is -0.336. The molecule has 16 heavy (non-hydrogen) atoms. The van der Waals surface area contributed by atoms with Gasteiger partial charge in [0.15, 0.2) is 0 Å². The fourth-order valence-corrected chi connectivity index (χ4v) is 2.04. The van der Waals surface area contributed by atoms with E-state index >= 15 is 0 Å². The number of carbonyl (C=O) groups excluding carboxylic acids is 1. The van der Waals surface area contributed by atoms with Crippen molar-refractivity contribution in [3.63, 3.8) is 0 Å². The van der Waals surface area contributed by atoms with E-state index in [1.165, 1.54) is 7.11 Å². The van der Waals surface area contributed by atoms with Gasteiger partial charge in [0.05, 0.1) is 24.6 Å². The number of hydrogen-bond acceptors (Lipinski definition) is 4. The van der Waals surface area contributed by atoms with Crippen LogP contribution in [0.25, 0.3) is 5.65 Å². The Labute approximate surface area is 97.6 Å². The summed E-state index contributed by atoms with van der Waals surface area (Å²) < 4.78 is 6.63. The number of thioether (sulfide) groups is 1. The van der Waals surface area contributed by atoms with Crippen LogP contribution in [-0.2, 0) is 10.5 Å². The number of nitrogens with zero attached hydrogens (tertiary/aromatic N) is 2. The average Bonchev–Trinajstić information content (AvgIpc) is 2.71. The number of esters is 1. The standard InChI is InChI=1S/C11H12N2O2S/c1-15-11(14)8-3-4-13-9(7-16-2)6-12-10(13)5-8/h3-6H,7H2,1-2H3. The van der Waals surface area contributed by atoms with Crippen molar-refractivity contribution in [1.82, 2.24) is 9.38 Å². The van der Waals surface area contributed by atoms with E-state index in [0.29, 0.717) is 5.56 Å². The molecule has 0 bridgehead atoms. The summed E-state index contributed by atoms with van der Waals surface area (Å²) in [5.74, 6) is 0.565. The van der Waals surface area contributed by atoms with Crippen molar-refractivity contribution >= 4 is 23.4 Å². The lowest BCUT2D eigenvalue weighted by atomic mass is 10.3. The second-order valence-electron chi connectivity index (χ2n) is 3.32. The van der Waals surface area contributed by atoms with Crippen molar-refractivity contribution in [3.05, 3.63) is 35.8 Å². The summed E-state index contributed by atoms with van der Waals surface area (Å²) >= 11 is 1.74. The van der Waals surface area contributed by atoms with Crippen LogP contribution in [0.15, 0.2) is 24.5 Å². The molecule has 2 heterocycles. The number of fused-ring (bicyclic) bond motifs is 1. The number of aromatic nitrogens is 2. The highest BCUT2D eigenvalue weighted by Gasteiger charge is 2.08. The normalized spacial score (nSPS) is 10.6. The van der Waals surface area contributed by atoms with Crippen molar-refractivity contribution in [2.24, 2.45) is 0 Å². The van der Waals surface area contributed by atoms with Gasteiger partial charge in [0.2, 0.25) is 0 Å². The van der Waals surface area contributed by atoms with Crippen LogP contribution in [0, 0.1) is 0 Å². The lowest BCUT2D eigenvalue weighted by Gasteiger charge is -2.02. The average molecular weight is 236 g/mol. The molecule has 0 radical (unpaired) electrons. The molecule has 0 N–H and O–H groups in total. The first-order valence-electron chi connectivity index (χ1n) is 4.79. The number of ether oxygens (including phenoxy) is 1. The van der Waals surface area contributed by atoms with Crippen LogP contribution in [0.3, 0.4) is 0 Å². The van der Waals surface area contributed by atoms with Gasteiger partial charge in [0, 0.05) is 11.9 Å². The smallest absolute Gasteiger partial charge is 0.338 e. The molecule has 2 aromatic heterocycles. The van der Waals surface area contributed by atoms with Gasteiger partial charge in [0.1, 0.15) is 5.65 Å². The fraction of sp³-hybridized carbons (Fsp3) is 0.273. The molecule has 0 spiro atoms. The summed E-state index contributed by atoms with van der Waals surface area (Å²) in [4.78, 5) is 15.6. The predicted molar refractivity (Wildman–Crippen MR) is 63.8 cm³/mol. The van der Waals surface area contributed by atoms with E-state index in [0.717, 1.165) is 17.1 Å². The number of imidazole rings is 1. The van der Waals surface area contributed by atoms with Gasteiger partial charge in [-0.3, -0.25) is 0 Å². The zero-order chi connectivity index (χ0) is 11.5. The molecular weight excluding hydrogens is 224 g/mol. The molecule has 0 aliphatic carbocycles. The third kappa shape index (κ3) is 1.90. The quantitative estimate of drug-likeness (QED) is 0.764. The van der Waals surface area contributed by atoms with E-state index in [4.69, 9.17) is 0 Å². The summed E-state index contributed by atoms with van der Waals surface area (Å²) in [6, 6.07) is 3.47. The third-order valence-electron chi connectivity index (χ3n) is 2.30. The fourth-order valence-electron chi connectivity index (χ4n) is 1.53. The van der Waals surface area contributed by atoms with Crippen LogP contribution in [-0.4, -0.2) is 28.7 Å². The lowest BCUT2D eigenvalue weighted by molar-refractivity contribution is 0.0600. The van der Waals surface area contributed by atoms with E-state index in [2.05, 4.69) is 9.72 Å². The lowest BCUT2D eigenvalue weighted by Crippen LogP contribution is -2.02. The molecule has 0 aromatic carbocycles. The Morgan fingerprint density at radius 2 is 2.44 bits per heavy atom. The number of rotatable bonds is 3. The summed E-state index contributed by atoms with van der Waals surface area (Å²) in [6.07, 6.45) is 5.72. The first kappa shape index (κ1) is 11.0. The number of carbonyl (C=O) groups is 1. The molecule has 0 aliphatic heterocycles. The van der Waals surface area contributed by atoms with Crippen LogP contribution in [0.1, 0.15) is 16.1 Å².